The van der Waals surface area contributed by atoms with Gasteiger partial charge < -0.3 is 19.7 Å². The van der Waals surface area contributed by atoms with E-state index in [2.05, 4.69) is 5.32 Å². The average molecular weight is 253 g/mol. The lowest BCUT2D eigenvalue weighted by atomic mass is 10.1. The van der Waals surface area contributed by atoms with Crippen molar-refractivity contribution in [3.63, 3.8) is 0 Å². The van der Waals surface area contributed by atoms with Gasteiger partial charge in [0.15, 0.2) is 5.75 Å². The molecule has 0 fully saturated rings. The highest BCUT2D eigenvalue weighted by atomic mass is 35.5. The van der Waals surface area contributed by atoms with Crippen molar-refractivity contribution in [3.05, 3.63) is 22.8 Å². The van der Waals surface area contributed by atoms with E-state index < -0.39 is 0 Å². The lowest BCUT2D eigenvalue weighted by molar-refractivity contribution is 0.390. The molecule has 90 valence electrons. The molecule has 2 aromatic rings. The van der Waals surface area contributed by atoms with Crippen molar-refractivity contribution in [2.45, 2.75) is 13.1 Å². The molecule has 0 amide bonds. The van der Waals surface area contributed by atoms with Gasteiger partial charge in [-0.2, -0.15) is 0 Å². The zero-order valence-corrected chi connectivity index (χ0v) is 10.2. The molecule has 0 atom stereocenters. The Kier molecular flexibility index (Phi) is 2.42. The summed E-state index contributed by atoms with van der Waals surface area (Å²) in [4.78, 5) is 0. The maximum absolute atomic E-state index is 10.3. The Hall–Kier alpha value is -1.39. The molecule has 0 unspecified atom stereocenters. The maximum Gasteiger partial charge on any atom is 0.203 e. The third-order valence-corrected chi connectivity index (χ3v) is 3.53. The number of halogens is 1. The molecule has 17 heavy (non-hydrogen) atoms. The summed E-state index contributed by atoms with van der Waals surface area (Å²) in [5.74, 6) is 0.791. The molecule has 3 rings (SSSR count). The quantitative estimate of drug-likeness (QED) is 0.817. The minimum Gasteiger partial charge on any atom is -0.494 e. The van der Waals surface area contributed by atoms with Gasteiger partial charge in [0, 0.05) is 30.7 Å². The van der Waals surface area contributed by atoms with Crippen LogP contribution in [0.3, 0.4) is 0 Å². The molecule has 0 bridgehead atoms. The van der Waals surface area contributed by atoms with Crippen LogP contribution in [0.4, 0.5) is 0 Å². The van der Waals surface area contributed by atoms with Gasteiger partial charge >= 0.3 is 0 Å². The van der Waals surface area contributed by atoms with Crippen molar-refractivity contribution in [1.29, 1.82) is 0 Å². The lowest BCUT2D eigenvalue weighted by Crippen LogP contribution is -2.27. The number of fused-ring (bicyclic) bond motifs is 3. The van der Waals surface area contributed by atoms with E-state index >= 15 is 0 Å². The van der Waals surface area contributed by atoms with Crippen LogP contribution in [0.1, 0.15) is 5.69 Å². The zero-order valence-electron chi connectivity index (χ0n) is 9.46. The largest absolute Gasteiger partial charge is 0.494 e. The van der Waals surface area contributed by atoms with Crippen molar-refractivity contribution in [1.82, 2.24) is 9.88 Å². The molecule has 0 radical (unpaired) electrons. The highest BCUT2D eigenvalue weighted by Gasteiger charge is 2.22. The van der Waals surface area contributed by atoms with E-state index in [0.717, 1.165) is 30.7 Å². The number of nitrogens with one attached hydrogen (secondary N) is 1. The van der Waals surface area contributed by atoms with E-state index in [1.165, 1.54) is 0 Å². The number of benzene rings is 1. The number of rotatable bonds is 1. The lowest BCUT2D eigenvalue weighted by Gasteiger charge is -2.16. The van der Waals surface area contributed by atoms with Crippen LogP contribution in [0.5, 0.6) is 11.6 Å². The van der Waals surface area contributed by atoms with Crippen LogP contribution in [0.15, 0.2) is 12.1 Å². The normalized spacial score (nSPS) is 14.9. The number of methoxy groups -OCH3 is 1. The fourth-order valence-corrected chi connectivity index (χ4v) is 2.69. The molecule has 5 heteroatoms. The summed E-state index contributed by atoms with van der Waals surface area (Å²) in [5, 5.41) is 15.8. The molecule has 1 aliphatic rings. The third kappa shape index (κ3) is 1.41. The molecule has 1 aliphatic heterocycles. The zero-order chi connectivity index (χ0) is 12.0. The fraction of sp³-hybridized carbons (Fsp3) is 0.333. The monoisotopic (exact) mass is 252 g/mol. The van der Waals surface area contributed by atoms with Gasteiger partial charge in [0.2, 0.25) is 5.88 Å². The number of aromatic hydroxyl groups is 1. The number of nitrogens with zero attached hydrogens (tertiary/aromatic N) is 1. The Bertz CT molecular complexity index is 592. The van der Waals surface area contributed by atoms with Crippen LogP contribution in [0, 0.1) is 0 Å². The van der Waals surface area contributed by atoms with Gasteiger partial charge in [-0.15, -0.1) is 0 Å². The predicted molar refractivity (Wildman–Crippen MR) is 66.9 cm³/mol. The first-order chi connectivity index (χ1) is 8.24. The summed E-state index contributed by atoms with van der Waals surface area (Å²) >= 11 is 6.08. The second kappa shape index (κ2) is 3.82. The van der Waals surface area contributed by atoms with Crippen molar-refractivity contribution >= 4 is 22.4 Å². The molecule has 2 N–H and O–H groups in total. The van der Waals surface area contributed by atoms with Gasteiger partial charge in [-0.05, 0) is 6.07 Å². The Morgan fingerprint density at radius 3 is 3.06 bits per heavy atom. The van der Waals surface area contributed by atoms with E-state index in [0.29, 0.717) is 16.2 Å². The maximum atomic E-state index is 10.3. The van der Waals surface area contributed by atoms with Crippen molar-refractivity contribution in [3.8, 4) is 11.6 Å². The number of aromatic nitrogens is 1. The molecule has 2 heterocycles. The fourth-order valence-electron chi connectivity index (χ4n) is 2.46. The summed E-state index contributed by atoms with van der Waals surface area (Å²) in [6.07, 6.45) is 0. The van der Waals surface area contributed by atoms with Gasteiger partial charge in [0.05, 0.1) is 17.5 Å². The van der Waals surface area contributed by atoms with Crippen LogP contribution in [-0.4, -0.2) is 23.3 Å². The minimum atomic E-state index is 0.246. The summed E-state index contributed by atoms with van der Waals surface area (Å²) < 4.78 is 7.21. The van der Waals surface area contributed by atoms with Gasteiger partial charge in [-0.1, -0.05) is 17.7 Å². The Balaban J connectivity index is 2.41. The molecule has 0 aliphatic carbocycles. The van der Waals surface area contributed by atoms with E-state index in [4.69, 9.17) is 16.3 Å². The third-order valence-electron chi connectivity index (χ3n) is 3.23. The molecule has 1 aromatic heterocycles. The van der Waals surface area contributed by atoms with Gasteiger partial charge in [0.1, 0.15) is 0 Å². The van der Waals surface area contributed by atoms with Crippen molar-refractivity contribution < 1.29 is 9.84 Å². The molecular formula is C12H13ClN2O2. The van der Waals surface area contributed by atoms with Crippen LogP contribution < -0.4 is 10.1 Å². The van der Waals surface area contributed by atoms with E-state index in [1.807, 2.05) is 10.6 Å². The Labute approximate surface area is 104 Å². The first kappa shape index (κ1) is 10.7. The predicted octanol–water partition coefficient (Wildman–Crippen LogP) is 2.11. The number of ether oxygens (including phenoxy) is 1. The second-order valence-electron chi connectivity index (χ2n) is 4.10. The van der Waals surface area contributed by atoms with Crippen LogP contribution in [0.25, 0.3) is 10.8 Å². The topological polar surface area (TPSA) is 46.4 Å². The second-order valence-corrected chi connectivity index (χ2v) is 4.51. The molecule has 4 nitrogen and oxygen atoms in total. The van der Waals surface area contributed by atoms with Crippen LogP contribution >= 0.6 is 11.6 Å². The van der Waals surface area contributed by atoms with Gasteiger partial charge in [0.25, 0.3) is 0 Å². The standard InChI is InChI=1S/C12H13ClN2O2/c1-17-11-8(13)3-2-7-9-6-14-4-5-15(9)12(16)10(7)11/h2-3,14,16H,4-6H2,1H3. The molecule has 0 saturated heterocycles. The van der Waals surface area contributed by atoms with Crippen LogP contribution in [-0.2, 0) is 13.1 Å². The first-order valence-corrected chi connectivity index (χ1v) is 5.89. The Morgan fingerprint density at radius 1 is 1.47 bits per heavy atom. The smallest absolute Gasteiger partial charge is 0.203 e. The summed E-state index contributed by atoms with van der Waals surface area (Å²) in [7, 11) is 1.56. The summed E-state index contributed by atoms with van der Waals surface area (Å²) in [6, 6.07) is 3.73. The summed E-state index contributed by atoms with van der Waals surface area (Å²) in [5.41, 5.74) is 1.08. The first-order valence-electron chi connectivity index (χ1n) is 5.51. The number of hydrogen-bond donors (Lipinski definition) is 2. The van der Waals surface area contributed by atoms with Crippen LogP contribution in [0.2, 0.25) is 5.02 Å². The van der Waals surface area contributed by atoms with Gasteiger partial charge in [-0.25, -0.2) is 0 Å². The highest BCUT2D eigenvalue weighted by molar-refractivity contribution is 6.33. The van der Waals surface area contributed by atoms with Gasteiger partial charge in [-0.3, -0.25) is 0 Å². The average Bonchev–Trinajstić information content (AvgIpc) is 2.64. The molecule has 1 aromatic carbocycles. The van der Waals surface area contributed by atoms with E-state index in [-0.39, 0.29) is 5.88 Å². The van der Waals surface area contributed by atoms with Crippen molar-refractivity contribution in [2.24, 2.45) is 0 Å². The Morgan fingerprint density at radius 2 is 2.29 bits per heavy atom. The van der Waals surface area contributed by atoms with E-state index in [1.54, 1.807) is 13.2 Å². The van der Waals surface area contributed by atoms with E-state index in [9.17, 15) is 5.11 Å². The molecule has 0 saturated carbocycles. The minimum absolute atomic E-state index is 0.246. The van der Waals surface area contributed by atoms with Crippen molar-refractivity contribution in [2.75, 3.05) is 13.7 Å². The SMILES string of the molecule is COc1c(Cl)ccc2c3n(c(O)c12)CCNC3. The molecular weight excluding hydrogens is 240 g/mol. The summed E-state index contributed by atoms with van der Waals surface area (Å²) in [6.45, 7) is 2.37. The number of hydrogen-bond acceptors (Lipinski definition) is 3. The highest BCUT2D eigenvalue weighted by Crippen LogP contribution is 2.42. The molecule has 0 spiro atoms.